The minimum atomic E-state index is -0.485. The molecule has 0 aliphatic heterocycles. The van der Waals surface area contributed by atoms with E-state index in [0.29, 0.717) is 23.3 Å². The van der Waals surface area contributed by atoms with Gasteiger partial charge in [0.05, 0.1) is 6.20 Å². The van der Waals surface area contributed by atoms with Gasteiger partial charge in [-0.1, -0.05) is 24.4 Å². The molecule has 1 unspecified atom stereocenters. The van der Waals surface area contributed by atoms with E-state index in [0.717, 1.165) is 32.1 Å². The first-order valence-electron chi connectivity index (χ1n) is 8.64. The van der Waals surface area contributed by atoms with Crippen LogP contribution in [0.25, 0.3) is 0 Å². The van der Waals surface area contributed by atoms with Crippen molar-refractivity contribution in [3.05, 3.63) is 16.5 Å². The molecule has 25 heavy (non-hydrogen) atoms. The van der Waals surface area contributed by atoms with E-state index < -0.39 is 5.60 Å². The van der Waals surface area contributed by atoms with Crippen molar-refractivity contribution in [1.29, 1.82) is 0 Å². The fourth-order valence-electron chi connectivity index (χ4n) is 2.96. The Morgan fingerprint density at radius 3 is 2.76 bits per heavy atom. The van der Waals surface area contributed by atoms with Crippen LogP contribution in [0.1, 0.15) is 52.9 Å². The molecule has 1 saturated carbocycles. The van der Waals surface area contributed by atoms with Crippen molar-refractivity contribution >= 4 is 35.1 Å². The number of aromatic nitrogens is 2. The lowest BCUT2D eigenvalue weighted by Crippen LogP contribution is -2.36. The maximum atomic E-state index is 11.8. The number of hydrogen-bond acceptors (Lipinski definition) is 5. The molecule has 1 aromatic rings. The van der Waals surface area contributed by atoms with E-state index in [4.69, 9.17) is 27.9 Å². The van der Waals surface area contributed by atoms with Gasteiger partial charge in [-0.2, -0.15) is 4.98 Å². The average molecular weight is 389 g/mol. The molecule has 0 aromatic carbocycles. The number of alkyl carbamates (subject to hydrolysis) is 1. The summed E-state index contributed by atoms with van der Waals surface area (Å²) in [6, 6.07) is 0.233. The lowest BCUT2D eigenvalue weighted by Gasteiger charge is -2.24. The number of ether oxygens (including phenoxy) is 1. The van der Waals surface area contributed by atoms with Gasteiger partial charge in [0.25, 0.3) is 0 Å². The molecule has 140 valence electrons. The predicted octanol–water partition coefficient (Wildman–Crippen LogP) is 4.67. The predicted molar refractivity (Wildman–Crippen MR) is 100 cm³/mol. The molecule has 0 saturated heterocycles. The second-order valence-corrected chi connectivity index (χ2v) is 8.19. The molecule has 8 heteroatoms. The fraction of sp³-hybridized carbons (Fsp3) is 0.706. The minimum absolute atomic E-state index is 0.170. The summed E-state index contributed by atoms with van der Waals surface area (Å²) in [4.78, 5) is 19.9. The topological polar surface area (TPSA) is 76.1 Å². The molecule has 0 spiro atoms. The van der Waals surface area contributed by atoms with Crippen LogP contribution in [0.2, 0.25) is 10.3 Å². The summed E-state index contributed by atoms with van der Waals surface area (Å²) in [7, 11) is 0. The van der Waals surface area contributed by atoms with Crippen LogP contribution in [0, 0.1) is 5.92 Å². The molecule has 1 aliphatic rings. The molecule has 1 fully saturated rings. The molecular weight excluding hydrogens is 363 g/mol. The number of anilines is 1. The van der Waals surface area contributed by atoms with Crippen molar-refractivity contribution in [2.75, 3.05) is 11.9 Å². The highest BCUT2D eigenvalue weighted by molar-refractivity contribution is 6.33. The molecular formula is C17H26Cl2N4O2. The summed E-state index contributed by atoms with van der Waals surface area (Å²) >= 11 is 12.0. The van der Waals surface area contributed by atoms with Crippen molar-refractivity contribution in [3.8, 4) is 0 Å². The quantitative estimate of drug-likeness (QED) is 0.578. The smallest absolute Gasteiger partial charge is 0.407 e. The van der Waals surface area contributed by atoms with Gasteiger partial charge >= 0.3 is 6.09 Å². The molecule has 1 amide bonds. The number of rotatable bonds is 4. The van der Waals surface area contributed by atoms with Crippen molar-refractivity contribution in [2.24, 2.45) is 5.92 Å². The normalized spacial score (nSPS) is 21.3. The minimum Gasteiger partial charge on any atom is -0.444 e. The van der Waals surface area contributed by atoms with E-state index in [1.807, 2.05) is 20.8 Å². The van der Waals surface area contributed by atoms with Gasteiger partial charge in [0, 0.05) is 12.6 Å². The number of halogens is 2. The second-order valence-electron chi connectivity index (χ2n) is 7.45. The first-order valence-corrected chi connectivity index (χ1v) is 9.40. The Bertz CT molecular complexity index is 593. The third-order valence-corrected chi connectivity index (χ3v) is 4.48. The Labute approximate surface area is 159 Å². The summed E-state index contributed by atoms with van der Waals surface area (Å²) in [5, 5.41) is 6.88. The van der Waals surface area contributed by atoms with Gasteiger partial charge in [-0.05, 0) is 57.6 Å². The molecule has 0 bridgehead atoms. The Morgan fingerprint density at radius 2 is 2.04 bits per heavy atom. The number of amides is 1. The fourth-order valence-corrected chi connectivity index (χ4v) is 3.24. The molecule has 1 aromatic heterocycles. The van der Waals surface area contributed by atoms with Crippen molar-refractivity contribution in [2.45, 2.75) is 64.5 Å². The highest BCUT2D eigenvalue weighted by atomic mass is 35.5. The standard InChI is InChI=1S/C17H26Cl2N4O2/c1-17(2,3)25-16(24)21-9-11-6-4-5-7-12(8-11)22-14-13(18)10-20-15(19)23-14/h10-12H,4-9H2,1-3H3,(H,21,24)(H,20,22,23)/t11?,12-/m0/s1. The number of nitrogens with one attached hydrogen (secondary N) is 2. The highest BCUT2D eigenvalue weighted by Gasteiger charge is 2.23. The third kappa shape index (κ3) is 7.24. The van der Waals surface area contributed by atoms with Gasteiger partial charge in [-0.3, -0.25) is 0 Å². The Balaban J connectivity index is 1.89. The van der Waals surface area contributed by atoms with Crippen LogP contribution in [-0.4, -0.2) is 34.2 Å². The molecule has 2 rings (SSSR count). The lowest BCUT2D eigenvalue weighted by molar-refractivity contribution is 0.0517. The van der Waals surface area contributed by atoms with Crippen LogP contribution in [0.15, 0.2) is 6.20 Å². The Hall–Kier alpha value is -1.27. The van der Waals surface area contributed by atoms with Crippen LogP contribution in [0.4, 0.5) is 10.6 Å². The maximum Gasteiger partial charge on any atom is 0.407 e. The molecule has 2 atom stereocenters. The largest absolute Gasteiger partial charge is 0.444 e. The molecule has 2 N–H and O–H groups in total. The van der Waals surface area contributed by atoms with Crippen LogP contribution in [0.3, 0.4) is 0 Å². The lowest BCUT2D eigenvalue weighted by atomic mass is 9.98. The average Bonchev–Trinajstić information content (AvgIpc) is 2.72. The summed E-state index contributed by atoms with van der Waals surface area (Å²) < 4.78 is 5.30. The van der Waals surface area contributed by atoms with Crippen LogP contribution < -0.4 is 10.6 Å². The summed E-state index contributed by atoms with van der Waals surface area (Å²) in [5.41, 5.74) is -0.485. The van der Waals surface area contributed by atoms with Crippen molar-refractivity contribution < 1.29 is 9.53 Å². The summed E-state index contributed by atoms with van der Waals surface area (Å²) in [6.45, 7) is 6.17. The molecule has 1 aliphatic carbocycles. The van der Waals surface area contributed by atoms with E-state index in [2.05, 4.69) is 20.6 Å². The van der Waals surface area contributed by atoms with Crippen molar-refractivity contribution in [3.63, 3.8) is 0 Å². The Morgan fingerprint density at radius 1 is 1.32 bits per heavy atom. The van der Waals surface area contributed by atoms with Crippen LogP contribution in [0.5, 0.6) is 0 Å². The van der Waals surface area contributed by atoms with E-state index in [9.17, 15) is 4.79 Å². The van der Waals surface area contributed by atoms with Gasteiger partial charge in [0.2, 0.25) is 5.28 Å². The van der Waals surface area contributed by atoms with E-state index in [1.165, 1.54) is 6.20 Å². The third-order valence-electron chi connectivity index (χ3n) is 4.02. The monoisotopic (exact) mass is 388 g/mol. The van der Waals surface area contributed by atoms with Gasteiger partial charge in [-0.25, -0.2) is 9.78 Å². The van der Waals surface area contributed by atoms with Crippen LogP contribution >= 0.6 is 23.2 Å². The summed E-state index contributed by atoms with van der Waals surface area (Å²) in [6.07, 6.45) is 6.42. The number of carbonyl (C=O) groups excluding carboxylic acids is 1. The maximum absolute atomic E-state index is 11.8. The van der Waals surface area contributed by atoms with Gasteiger partial charge in [-0.15, -0.1) is 0 Å². The summed E-state index contributed by atoms with van der Waals surface area (Å²) in [5.74, 6) is 0.941. The molecule has 1 heterocycles. The zero-order valence-electron chi connectivity index (χ0n) is 14.9. The zero-order valence-corrected chi connectivity index (χ0v) is 16.5. The highest BCUT2D eigenvalue weighted by Crippen LogP contribution is 2.27. The van der Waals surface area contributed by atoms with Gasteiger partial charge in [0.1, 0.15) is 16.4 Å². The van der Waals surface area contributed by atoms with Gasteiger partial charge < -0.3 is 15.4 Å². The van der Waals surface area contributed by atoms with Crippen LogP contribution in [-0.2, 0) is 4.74 Å². The SMILES string of the molecule is CC(C)(C)OC(=O)NCC1CCCC[C@H](Nc2nc(Cl)ncc2Cl)C1. The number of hydrogen-bond donors (Lipinski definition) is 2. The molecule has 6 nitrogen and oxygen atoms in total. The second kappa shape index (κ2) is 8.90. The first-order chi connectivity index (χ1) is 11.7. The van der Waals surface area contributed by atoms with E-state index >= 15 is 0 Å². The van der Waals surface area contributed by atoms with E-state index in [1.54, 1.807) is 0 Å². The Kier molecular flexibility index (Phi) is 7.14. The van der Waals surface area contributed by atoms with Gasteiger partial charge in [0.15, 0.2) is 0 Å². The number of nitrogens with zero attached hydrogens (tertiary/aromatic N) is 2. The first kappa shape index (κ1) is 20.0. The van der Waals surface area contributed by atoms with E-state index in [-0.39, 0.29) is 17.4 Å². The molecule has 0 radical (unpaired) electrons. The number of carbonyl (C=O) groups is 1. The van der Waals surface area contributed by atoms with Crippen molar-refractivity contribution in [1.82, 2.24) is 15.3 Å². The zero-order chi connectivity index (χ0) is 18.4.